The minimum absolute atomic E-state index is 0.0251. The summed E-state index contributed by atoms with van der Waals surface area (Å²) in [4.78, 5) is 60.8. The molecule has 2 aromatic rings. The number of benzene rings is 2. The van der Waals surface area contributed by atoms with Crippen molar-refractivity contribution in [1.82, 2.24) is 9.80 Å². The van der Waals surface area contributed by atoms with Crippen LogP contribution in [0.25, 0.3) is 0 Å². The Morgan fingerprint density at radius 3 is 1.29 bits per heavy atom. The third-order valence-electron chi connectivity index (χ3n) is 20.7. The van der Waals surface area contributed by atoms with Crippen LogP contribution in [0.4, 0.5) is 31.5 Å². The number of anilines is 4. The fourth-order valence-electron chi connectivity index (χ4n) is 17.4. The van der Waals surface area contributed by atoms with Gasteiger partial charge in [0.1, 0.15) is 11.6 Å². The van der Waals surface area contributed by atoms with Gasteiger partial charge in [-0.15, -0.1) is 0 Å². The number of carbonyl (C=O) groups is 4. The van der Waals surface area contributed by atoms with Crippen molar-refractivity contribution < 1.29 is 38.2 Å². The molecular weight excluding hydrogens is 891 g/mol. The minimum atomic E-state index is -0.439. The summed E-state index contributed by atoms with van der Waals surface area (Å²) in [6.07, 6.45) is 18.9. The Labute approximate surface area is 410 Å². The molecule has 10 saturated carbocycles. The Morgan fingerprint density at radius 1 is 0.543 bits per heavy atom. The number of hydrogen-bond acceptors (Lipinski definition) is 8. The number of likely N-dealkylation sites (tertiary alicyclic amines) is 2. The van der Waals surface area contributed by atoms with Crippen molar-refractivity contribution >= 4 is 46.4 Å². The summed E-state index contributed by atoms with van der Waals surface area (Å²) in [5.74, 6) is 2.66. The van der Waals surface area contributed by atoms with E-state index in [1.54, 1.807) is 24.3 Å². The summed E-state index contributed by atoms with van der Waals surface area (Å²) in [6.45, 7) is 4.18. The van der Waals surface area contributed by atoms with Crippen LogP contribution in [0.2, 0.25) is 0 Å². The number of piperidine rings is 2. The lowest BCUT2D eigenvalue weighted by atomic mass is 9.51. The number of aliphatic hydroxyl groups is 2. The SMILES string of the molecule is O=C(Nc1ccc(N2CCCC3(CCN(C45CC6CC(C4)C(O)C(C6)C5)C3=O)C2)c(F)c1)C1CC1.O=C(Nc1ccc(N2CCCC3(CCN(C45CC6CC(C4)C(O)C(C6)C5)C3=O)C2)c(F)c1)C1CC1. The van der Waals surface area contributed by atoms with Crippen molar-refractivity contribution in [2.45, 2.75) is 152 Å². The van der Waals surface area contributed by atoms with Crippen molar-refractivity contribution in [3.05, 3.63) is 48.0 Å². The number of nitrogens with one attached hydrogen (secondary N) is 2. The molecule has 2 aromatic carbocycles. The third kappa shape index (κ3) is 7.59. The van der Waals surface area contributed by atoms with E-state index >= 15 is 8.78 Å². The van der Waals surface area contributed by atoms with E-state index in [1.165, 1.54) is 12.1 Å². The molecule has 14 aliphatic rings. The molecule has 14 heteroatoms. The fraction of sp³-hybridized carbons (Fsp3) is 0.714. The van der Waals surface area contributed by atoms with E-state index in [4.69, 9.17) is 0 Å². The van der Waals surface area contributed by atoms with E-state index in [0.29, 0.717) is 71.3 Å². The van der Waals surface area contributed by atoms with Gasteiger partial charge < -0.3 is 40.4 Å². The smallest absolute Gasteiger partial charge is 0.231 e. The van der Waals surface area contributed by atoms with Gasteiger partial charge in [0.2, 0.25) is 23.6 Å². The van der Waals surface area contributed by atoms with Crippen LogP contribution in [0.1, 0.15) is 128 Å². The van der Waals surface area contributed by atoms with Crippen LogP contribution >= 0.6 is 0 Å². The average molecular weight is 963 g/mol. The highest BCUT2D eigenvalue weighted by molar-refractivity contribution is 5.95. The highest BCUT2D eigenvalue weighted by Gasteiger charge is 2.64. The van der Waals surface area contributed by atoms with Crippen LogP contribution in [0.3, 0.4) is 0 Å². The maximum atomic E-state index is 15.2. The standard InChI is InChI=1S/2C28H36FN3O3/c2*29-22-12-21(30-25(34)18-2-3-18)4-5-23(22)31-8-1-6-27(16-31)7-9-32(26(27)35)28-13-17-10-19(14-28)24(33)20(11-17)15-28/h2*4-5,12,17-20,24,33H,1-3,6-11,13-16H2,(H,30,34). The molecule has 2 spiro atoms. The van der Waals surface area contributed by atoms with Crippen LogP contribution in [0, 0.1) is 69.8 Å². The monoisotopic (exact) mass is 963 g/mol. The highest BCUT2D eigenvalue weighted by atomic mass is 19.1. The first-order chi connectivity index (χ1) is 33.7. The number of amides is 4. The summed E-state index contributed by atoms with van der Waals surface area (Å²) in [6, 6.07) is 9.91. The van der Waals surface area contributed by atoms with Crippen molar-refractivity contribution in [2.75, 3.05) is 59.7 Å². The molecule has 376 valence electrons. The molecular formula is C56H72F2N6O6. The van der Waals surface area contributed by atoms with Crippen molar-refractivity contribution in [3.8, 4) is 0 Å². The van der Waals surface area contributed by atoms with Gasteiger partial charge >= 0.3 is 0 Å². The molecule has 4 N–H and O–H groups in total. The zero-order valence-electron chi connectivity index (χ0n) is 40.7. The van der Waals surface area contributed by atoms with Crippen molar-refractivity contribution in [2.24, 2.45) is 58.2 Å². The molecule has 10 aliphatic carbocycles. The Hall–Kier alpha value is -4.30. The summed E-state index contributed by atoms with van der Waals surface area (Å²) in [5, 5.41) is 27.1. The van der Waals surface area contributed by atoms with Gasteiger partial charge in [-0.1, -0.05) is 0 Å². The quantitative estimate of drug-likeness (QED) is 0.209. The molecule has 4 aliphatic heterocycles. The predicted octanol–water partition coefficient (Wildman–Crippen LogP) is 7.87. The van der Waals surface area contributed by atoms with Gasteiger partial charge in [-0.3, -0.25) is 19.2 Å². The third-order valence-corrected chi connectivity index (χ3v) is 20.7. The van der Waals surface area contributed by atoms with E-state index < -0.39 is 10.8 Å². The van der Waals surface area contributed by atoms with Crippen LogP contribution in [0.5, 0.6) is 0 Å². The number of carbonyl (C=O) groups excluding carboxylic acids is 4. The lowest BCUT2D eigenvalue weighted by Gasteiger charge is -2.61. The number of hydrogen-bond donors (Lipinski definition) is 4. The van der Waals surface area contributed by atoms with Crippen LogP contribution in [-0.4, -0.2) is 106 Å². The Kier molecular flexibility index (Phi) is 10.8. The average Bonchev–Trinajstić information content (AvgIpc) is 4.28. The van der Waals surface area contributed by atoms with Crippen LogP contribution < -0.4 is 20.4 Å². The molecule has 12 nitrogen and oxygen atoms in total. The second-order valence-electron chi connectivity index (χ2n) is 25.3. The Balaban J connectivity index is 0.000000137. The summed E-state index contributed by atoms with van der Waals surface area (Å²) < 4.78 is 30.4. The topological polar surface area (TPSA) is 146 Å². The number of halogens is 2. The minimum Gasteiger partial charge on any atom is -0.393 e. The van der Waals surface area contributed by atoms with E-state index in [1.807, 2.05) is 0 Å². The molecule has 4 heterocycles. The van der Waals surface area contributed by atoms with E-state index in [0.717, 1.165) is 155 Å². The summed E-state index contributed by atoms with van der Waals surface area (Å²) in [5.41, 5.74) is 1.05. The number of nitrogens with zero attached hydrogens (tertiary/aromatic N) is 4. The van der Waals surface area contributed by atoms with Gasteiger partial charge in [-0.25, -0.2) is 8.78 Å². The largest absolute Gasteiger partial charge is 0.393 e. The first kappa shape index (κ1) is 45.6. The molecule has 4 amide bonds. The van der Waals surface area contributed by atoms with E-state index in [-0.39, 0.29) is 70.4 Å². The second-order valence-corrected chi connectivity index (χ2v) is 25.3. The zero-order chi connectivity index (χ0) is 47.9. The predicted molar refractivity (Wildman–Crippen MR) is 261 cm³/mol. The second kappa shape index (κ2) is 16.6. The van der Waals surface area contributed by atoms with Gasteiger partial charge in [0.15, 0.2) is 0 Å². The van der Waals surface area contributed by atoms with Gasteiger partial charge in [-0.05, 0) is 200 Å². The van der Waals surface area contributed by atoms with E-state index in [9.17, 15) is 29.4 Å². The normalized spacial score (nSPS) is 40.1. The van der Waals surface area contributed by atoms with Gasteiger partial charge in [0.25, 0.3) is 0 Å². The molecule has 0 aromatic heterocycles. The van der Waals surface area contributed by atoms with E-state index in [2.05, 4.69) is 30.2 Å². The van der Waals surface area contributed by atoms with Gasteiger partial charge in [0.05, 0.1) is 34.4 Å². The number of aliphatic hydroxyl groups excluding tert-OH is 2. The first-order valence-electron chi connectivity index (χ1n) is 27.4. The molecule has 8 bridgehead atoms. The lowest BCUT2D eigenvalue weighted by molar-refractivity contribution is -0.168. The molecule has 4 saturated heterocycles. The highest BCUT2D eigenvalue weighted by Crippen LogP contribution is 2.62. The lowest BCUT2D eigenvalue weighted by Crippen LogP contribution is -2.65. The Morgan fingerprint density at radius 2 is 0.929 bits per heavy atom. The summed E-state index contributed by atoms with van der Waals surface area (Å²) >= 11 is 0. The molecule has 6 unspecified atom stereocenters. The molecule has 70 heavy (non-hydrogen) atoms. The Bertz CT molecular complexity index is 2280. The maximum Gasteiger partial charge on any atom is 0.231 e. The van der Waals surface area contributed by atoms with Gasteiger partial charge in [0, 0.05) is 73.6 Å². The van der Waals surface area contributed by atoms with Crippen LogP contribution in [0.15, 0.2) is 36.4 Å². The van der Waals surface area contributed by atoms with Gasteiger partial charge in [-0.2, -0.15) is 0 Å². The molecule has 16 rings (SSSR count). The van der Waals surface area contributed by atoms with Crippen molar-refractivity contribution in [3.63, 3.8) is 0 Å². The van der Waals surface area contributed by atoms with Crippen molar-refractivity contribution in [1.29, 1.82) is 0 Å². The molecule has 14 fully saturated rings. The first-order valence-corrected chi connectivity index (χ1v) is 27.4. The molecule has 6 atom stereocenters. The fourth-order valence-corrected chi connectivity index (χ4v) is 17.4. The molecule has 0 radical (unpaired) electrons. The maximum absolute atomic E-state index is 15.2. The zero-order valence-corrected chi connectivity index (χ0v) is 40.7. The number of rotatable bonds is 8. The van der Waals surface area contributed by atoms with Crippen LogP contribution in [-0.2, 0) is 19.2 Å². The summed E-state index contributed by atoms with van der Waals surface area (Å²) in [7, 11) is 0.